The molecule has 5 aromatic carbocycles. The maximum atomic E-state index is 14.0. The number of imidazole rings is 1. The summed E-state index contributed by atoms with van der Waals surface area (Å²) in [6.07, 6.45) is 1.84. The third-order valence-electron chi connectivity index (χ3n) is 18.5. The number of ether oxygens (including phenoxy) is 8. The van der Waals surface area contributed by atoms with E-state index >= 15 is 0 Å². The molecule has 27 heteroatoms. The normalized spacial score (nSPS) is 21.0. The first-order chi connectivity index (χ1) is 47.8. The van der Waals surface area contributed by atoms with Gasteiger partial charge in [0.1, 0.15) is 54.0 Å². The Morgan fingerprint density at radius 3 is 1.72 bits per heavy atom. The van der Waals surface area contributed by atoms with Gasteiger partial charge in [0.2, 0.25) is 0 Å². The first kappa shape index (κ1) is 70.3. The summed E-state index contributed by atoms with van der Waals surface area (Å²) >= 11 is 3.00. The van der Waals surface area contributed by atoms with Gasteiger partial charge in [-0.15, -0.1) is 23.5 Å². The molecule has 2 amide bonds. The van der Waals surface area contributed by atoms with Gasteiger partial charge in [-0.2, -0.15) is 4.98 Å². The van der Waals surface area contributed by atoms with Crippen LogP contribution in [0.3, 0.4) is 0 Å². The van der Waals surface area contributed by atoms with Gasteiger partial charge in [0.15, 0.2) is 25.3 Å². The summed E-state index contributed by atoms with van der Waals surface area (Å²) in [5.41, 5.74) is 1.64. The van der Waals surface area contributed by atoms with Crippen molar-refractivity contribution in [1.82, 2.24) is 38.6 Å². The van der Waals surface area contributed by atoms with Crippen molar-refractivity contribution in [2.75, 3.05) is 54.8 Å². The summed E-state index contributed by atoms with van der Waals surface area (Å²) in [5, 5.41) is 5.53. The number of aromatic amines is 1. The highest BCUT2D eigenvalue weighted by Crippen LogP contribution is 2.45. The van der Waals surface area contributed by atoms with Crippen LogP contribution < -0.4 is 37.0 Å². The number of methoxy groups -OCH3 is 2. The van der Waals surface area contributed by atoms with Crippen LogP contribution >= 0.6 is 23.5 Å². The number of nitrogens with zero attached hydrogens (tertiary/aromatic N) is 7. The number of fused-ring (bicyclic) bond motifs is 1. The third kappa shape index (κ3) is 15.9. The lowest BCUT2D eigenvalue weighted by atomic mass is 9.80. The standard InChI is InChI=1S/C72H80N10O14S2Si/c1-45-37-81(70(87)79-66(45)83)61-35-54(91-44-98-40-58-55(96-99(7,8)71(2,3)4)36-62(95-58)82-42-75-63-64(73-41-74-65(63)82)78-68(85)47-20-14-10-15-21-47)57(94-61)39-97-43-90-53-34-60(80-33-32-59(77-69(80)86)76-67(84)46-18-12-9-13-19-46)93-56(53)38-92-72(48-22-16-11-17-23-48,49-24-28-51(88-5)29-25-49)50-26-30-52(89-6)31-27-50/h9-33,37,41-42,53-58,60-62H,34-36,38-40,43-44H2,1-8H3,(H,79,83,87)(H,73,74,78,85)(H,76,77,84,86)/t53-,54-,55-,56+,57+,58+,60+,61+,62+/m0/s1. The Bertz CT molecular complexity index is 4380. The molecule has 9 aromatic rings. The maximum Gasteiger partial charge on any atom is 0.351 e. The number of hydrogen-bond donors (Lipinski definition) is 3. The van der Waals surface area contributed by atoms with Crippen LogP contribution in [-0.4, -0.2) is 140 Å². The minimum Gasteiger partial charge on any atom is -0.497 e. The number of carbonyl (C=O) groups is 2. The Hall–Kier alpha value is -8.61. The number of thioether (sulfide) groups is 2. The molecular formula is C72H80N10O14S2Si. The number of aryl methyl sites for hydroxylation is 1. The van der Waals surface area contributed by atoms with Crippen LogP contribution in [0, 0.1) is 6.92 Å². The average Bonchev–Trinajstić information content (AvgIpc) is 1.74. The molecule has 0 radical (unpaired) electrons. The fourth-order valence-corrected chi connectivity index (χ4v) is 15.3. The van der Waals surface area contributed by atoms with Gasteiger partial charge in [0.25, 0.3) is 17.4 Å². The highest BCUT2D eigenvalue weighted by molar-refractivity contribution is 7.99. The molecule has 518 valence electrons. The lowest BCUT2D eigenvalue weighted by Gasteiger charge is -2.39. The second kappa shape index (κ2) is 30.9. The second-order valence-corrected chi connectivity index (χ2v) is 32.6. The number of anilines is 2. The smallest absolute Gasteiger partial charge is 0.351 e. The van der Waals surface area contributed by atoms with Gasteiger partial charge in [-0.3, -0.25) is 33.1 Å². The summed E-state index contributed by atoms with van der Waals surface area (Å²) in [6.45, 7) is 12.7. The summed E-state index contributed by atoms with van der Waals surface area (Å²) in [6, 6.07) is 44.4. The van der Waals surface area contributed by atoms with Crippen molar-refractivity contribution in [1.29, 1.82) is 0 Å². The number of H-pyrrole nitrogens is 1. The quantitative estimate of drug-likeness (QED) is 0.0187. The molecule has 4 aromatic heterocycles. The molecule has 3 N–H and O–H groups in total. The average molecular weight is 1400 g/mol. The molecule has 7 heterocycles. The van der Waals surface area contributed by atoms with Crippen molar-refractivity contribution in [2.24, 2.45) is 0 Å². The van der Waals surface area contributed by atoms with Crippen molar-refractivity contribution < 1.29 is 51.9 Å². The fourth-order valence-electron chi connectivity index (χ4n) is 12.2. The third-order valence-corrected chi connectivity index (χ3v) is 24.8. The van der Waals surface area contributed by atoms with E-state index in [1.54, 1.807) is 100 Å². The zero-order valence-corrected chi connectivity index (χ0v) is 58.8. The van der Waals surface area contributed by atoms with E-state index in [2.05, 4.69) is 69.4 Å². The summed E-state index contributed by atoms with van der Waals surface area (Å²) in [5.74, 6) is 2.17. The van der Waals surface area contributed by atoms with Crippen molar-refractivity contribution in [3.8, 4) is 11.5 Å². The molecule has 0 aliphatic carbocycles. The summed E-state index contributed by atoms with van der Waals surface area (Å²) < 4.78 is 64.4. The highest BCUT2D eigenvalue weighted by atomic mass is 32.2. The molecule has 3 saturated heterocycles. The van der Waals surface area contributed by atoms with Crippen molar-refractivity contribution in [2.45, 2.75) is 126 Å². The van der Waals surface area contributed by atoms with Gasteiger partial charge in [-0.1, -0.05) is 112 Å². The lowest BCUT2D eigenvalue weighted by Crippen LogP contribution is -2.46. The van der Waals surface area contributed by atoms with Gasteiger partial charge < -0.3 is 53.0 Å². The van der Waals surface area contributed by atoms with E-state index in [1.807, 2.05) is 95.6 Å². The molecule has 3 fully saturated rings. The monoisotopic (exact) mass is 1400 g/mol. The van der Waals surface area contributed by atoms with Crippen molar-refractivity contribution >= 4 is 66.5 Å². The number of rotatable bonds is 27. The first-order valence-corrected chi connectivity index (χ1v) is 37.8. The van der Waals surface area contributed by atoms with Gasteiger partial charge in [-0.25, -0.2) is 24.5 Å². The van der Waals surface area contributed by atoms with Crippen LogP contribution in [0.15, 0.2) is 185 Å². The van der Waals surface area contributed by atoms with E-state index in [1.165, 1.54) is 33.4 Å². The zero-order chi connectivity index (χ0) is 69.4. The zero-order valence-electron chi connectivity index (χ0n) is 56.2. The molecule has 3 aliphatic rings. The number of benzene rings is 5. The number of nitrogens with one attached hydrogen (secondary N) is 3. The highest BCUT2D eigenvalue weighted by Gasteiger charge is 2.47. The predicted molar refractivity (Wildman–Crippen MR) is 379 cm³/mol. The molecule has 99 heavy (non-hydrogen) atoms. The molecule has 24 nitrogen and oxygen atoms in total. The Labute approximate surface area is 581 Å². The van der Waals surface area contributed by atoms with E-state index in [9.17, 15) is 24.0 Å². The van der Waals surface area contributed by atoms with E-state index in [0.717, 1.165) is 16.7 Å². The van der Waals surface area contributed by atoms with Gasteiger partial charge in [0, 0.05) is 59.9 Å². The molecular weight excluding hydrogens is 1320 g/mol. The number of amides is 2. The Morgan fingerprint density at radius 2 is 1.14 bits per heavy atom. The minimum atomic E-state index is -2.34. The molecule has 9 atom stereocenters. The van der Waals surface area contributed by atoms with Gasteiger partial charge in [-0.05, 0) is 96.3 Å². The first-order valence-electron chi connectivity index (χ1n) is 32.6. The van der Waals surface area contributed by atoms with Crippen molar-refractivity contribution in [3.05, 3.63) is 235 Å². The SMILES string of the molecule is COc1ccc(C(OC[C@H]2O[C@@H](n3ccc(NC(=O)c4ccccc4)nc3=O)C[C@@H]2OCSC[C@H]2O[C@@H](n3cc(C)c(=O)[nH]c3=O)C[C@@H]2OCSC[C@H]2O[C@@H](n3cnc4c(NC(=O)c5ccccc5)ncnc43)C[C@@H]2O[Si](C)(C)C(C)(C)C)(c2ccccc2)c2ccc(OC)cc2)cc1. The van der Waals surface area contributed by atoms with Crippen molar-refractivity contribution in [3.63, 3.8) is 0 Å². The minimum absolute atomic E-state index is 0.0249. The number of hydrogen-bond acceptors (Lipinski definition) is 20. The summed E-state index contributed by atoms with van der Waals surface area (Å²) in [7, 11) is 0.893. The largest absolute Gasteiger partial charge is 0.497 e. The van der Waals surface area contributed by atoms with Crippen LogP contribution in [0.4, 0.5) is 11.6 Å². The Balaban J connectivity index is 0.766. The van der Waals surface area contributed by atoms with Crippen LogP contribution in [0.1, 0.15) is 102 Å². The van der Waals surface area contributed by atoms with E-state index in [-0.39, 0.29) is 59.7 Å². The number of aromatic nitrogens is 8. The molecule has 3 aliphatic heterocycles. The molecule has 0 unspecified atom stereocenters. The lowest BCUT2D eigenvalue weighted by molar-refractivity contribution is -0.100. The maximum absolute atomic E-state index is 14.0. The van der Waals surface area contributed by atoms with Crippen LogP contribution in [0.25, 0.3) is 11.2 Å². The molecule has 12 rings (SSSR count). The van der Waals surface area contributed by atoms with E-state index < -0.39 is 79.9 Å². The second-order valence-electron chi connectivity index (χ2n) is 25.9. The van der Waals surface area contributed by atoms with Crippen LogP contribution in [0.2, 0.25) is 18.1 Å². The molecule has 0 bridgehead atoms. The Morgan fingerprint density at radius 1 is 0.626 bits per heavy atom. The Kier molecular flexibility index (Phi) is 21.9. The predicted octanol–water partition coefficient (Wildman–Crippen LogP) is 10.9. The van der Waals surface area contributed by atoms with E-state index in [0.29, 0.717) is 63.7 Å². The fraction of sp³-hybridized carbons (Fsp3) is 0.375. The number of carbonyl (C=O) groups excluding carboxylic acids is 2. The van der Waals surface area contributed by atoms with Gasteiger partial charge in [0.05, 0.1) is 69.6 Å². The molecule has 0 saturated carbocycles. The van der Waals surface area contributed by atoms with Crippen LogP contribution in [-0.2, 0) is 38.4 Å². The van der Waals surface area contributed by atoms with E-state index in [4.69, 9.17) is 42.3 Å². The summed E-state index contributed by atoms with van der Waals surface area (Å²) in [4.78, 5) is 86.7. The van der Waals surface area contributed by atoms with Crippen LogP contribution in [0.5, 0.6) is 11.5 Å². The van der Waals surface area contributed by atoms with Gasteiger partial charge >= 0.3 is 11.4 Å². The molecule has 0 spiro atoms. The topological polar surface area (TPSA) is 275 Å².